The second-order valence-corrected chi connectivity index (χ2v) is 6.59. The van der Waals surface area contributed by atoms with Gasteiger partial charge in [0.2, 0.25) is 0 Å². The highest BCUT2D eigenvalue weighted by Crippen LogP contribution is 2.34. The first kappa shape index (κ1) is 21.8. The Morgan fingerprint density at radius 2 is 1.87 bits per heavy atom. The van der Waals surface area contributed by atoms with Gasteiger partial charge in [0, 0.05) is 24.9 Å². The smallest absolute Gasteiger partial charge is 0.410 e. The molecule has 0 radical (unpaired) electrons. The summed E-state index contributed by atoms with van der Waals surface area (Å²) in [4.78, 5) is 36.4. The fourth-order valence-corrected chi connectivity index (χ4v) is 3.11. The van der Waals surface area contributed by atoms with Crippen LogP contribution in [0, 0.1) is 21.7 Å². The zero-order valence-electron chi connectivity index (χ0n) is 16.4. The summed E-state index contributed by atoms with van der Waals surface area (Å²) in [5, 5.41) is 13.3. The van der Waals surface area contributed by atoms with Crippen LogP contribution in [0.5, 0.6) is 5.75 Å². The van der Waals surface area contributed by atoms with E-state index in [1.54, 1.807) is 6.92 Å². The normalized spacial score (nSPS) is 16.2. The summed E-state index contributed by atoms with van der Waals surface area (Å²) in [5.41, 5.74) is 0.744. The summed E-state index contributed by atoms with van der Waals surface area (Å²) in [6.45, 7) is 1.62. The van der Waals surface area contributed by atoms with Crippen LogP contribution < -0.4 is 10.1 Å². The van der Waals surface area contributed by atoms with Gasteiger partial charge in [-0.2, -0.15) is 0 Å². The summed E-state index contributed by atoms with van der Waals surface area (Å²) in [5.74, 6) is -2.27. The molecule has 1 aliphatic heterocycles. The quantitative estimate of drug-likeness (QED) is 0.562. The molecular formula is C20H17F2N3O6. The summed E-state index contributed by atoms with van der Waals surface area (Å²) in [6.07, 6.45) is -1.11. The van der Waals surface area contributed by atoms with Gasteiger partial charge in [0.1, 0.15) is 5.75 Å². The van der Waals surface area contributed by atoms with Crippen LogP contribution in [-0.4, -0.2) is 35.7 Å². The van der Waals surface area contributed by atoms with E-state index in [2.05, 4.69) is 5.32 Å². The number of carbonyl (C=O) groups is 2. The number of hydrogen-bond donors (Lipinski definition) is 1. The van der Waals surface area contributed by atoms with Crippen LogP contribution in [0.1, 0.15) is 18.5 Å². The van der Waals surface area contributed by atoms with Gasteiger partial charge in [0.15, 0.2) is 11.6 Å². The number of amides is 3. The zero-order chi connectivity index (χ0) is 22.7. The number of rotatable bonds is 5. The molecule has 2 aromatic carbocycles. The van der Waals surface area contributed by atoms with E-state index in [-0.39, 0.29) is 23.6 Å². The number of hydrogen-bond acceptors (Lipinski definition) is 6. The lowest BCUT2D eigenvalue weighted by molar-refractivity contribution is -0.384. The maximum Gasteiger partial charge on any atom is 0.424 e. The standard InChI is InChI=1S/C20H17F2N3O6/c1-11-17(10-30-2)23-19(26)24(18(11)12-3-8-15(21)16(22)9-12)20(27)31-14-6-4-13(5-7-14)25(28)29/h3-9,18H,10H2,1-2H3,(H,23,26). The fourth-order valence-electron chi connectivity index (χ4n) is 3.11. The van der Waals surface area contributed by atoms with E-state index >= 15 is 0 Å². The minimum absolute atomic E-state index is 0.0169. The molecule has 9 nitrogen and oxygen atoms in total. The van der Waals surface area contributed by atoms with Crippen LogP contribution in [-0.2, 0) is 4.74 Å². The first-order chi connectivity index (χ1) is 14.7. The van der Waals surface area contributed by atoms with E-state index in [0.717, 1.165) is 24.3 Å². The number of nitrogens with one attached hydrogen (secondary N) is 1. The number of methoxy groups -OCH3 is 1. The minimum atomic E-state index is -1.15. The molecule has 1 atom stereocenters. The SMILES string of the molecule is COCC1=C(C)C(c2ccc(F)c(F)c2)N(C(=O)Oc2ccc([N+](=O)[O-])cc2)C(=O)N1. The van der Waals surface area contributed by atoms with Gasteiger partial charge < -0.3 is 14.8 Å². The second kappa shape index (κ2) is 8.88. The van der Waals surface area contributed by atoms with Crippen molar-refractivity contribution >= 4 is 17.8 Å². The molecule has 0 spiro atoms. The van der Waals surface area contributed by atoms with Gasteiger partial charge in [-0.25, -0.2) is 23.3 Å². The average molecular weight is 433 g/mol. The molecule has 3 rings (SSSR count). The number of non-ortho nitro benzene ring substituents is 1. The summed E-state index contributed by atoms with van der Waals surface area (Å²) >= 11 is 0. The Bertz CT molecular complexity index is 1070. The van der Waals surface area contributed by atoms with Crippen molar-refractivity contribution in [1.82, 2.24) is 10.2 Å². The lowest BCUT2D eigenvalue weighted by Crippen LogP contribution is -2.51. The van der Waals surface area contributed by atoms with Crippen LogP contribution in [0.3, 0.4) is 0 Å². The second-order valence-electron chi connectivity index (χ2n) is 6.59. The highest BCUT2D eigenvalue weighted by Gasteiger charge is 2.39. The molecule has 1 aliphatic rings. The molecule has 0 aliphatic carbocycles. The number of benzene rings is 2. The number of halogens is 2. The minimum Gasteiger partial charge on any atom is -0.410 e. The van der Waals surface area contributed by atoms with E-state index in [1.807, 2.05) is 0 Å². The Labute approximate surface area is 175 Å². The Hall–Kier alpha value is -3.86. The molecule has 3 amide bonds. The zero-order valence-corrected chi connectivity index (χ0v) is 16.4. The van der Waals surface area contributed by atoms with E-state index in [4.69, 9.17) is 9.47 Å². The maximum atomic E-state index is 13.9. The van der Waals surface area contributed by atoms with Crippen molar-refractivity contribution in [3.63, 3.8) is 0 Å². The lowest BCUT2D eigenvalue weighted by Gasteiger charge is -2.36. The Morgan fingerprint density at radius 3 is 2.45 bits per heavy atom. The predicted octanol–water partition coefficient (Wildman–Crippen LogP) is 4.06. The highest BCUT2D eigenvalue weighted by atomic mass is 19.2. The molecule has 0 saturated heterocycles. The van der Waals surface area contributed by atoms with Crippen LogP contribution in [0.25, 0.3) is 0 Å². The molecule has 1 unspecified atom stereocenters. The number of ether oxygens (including phenoxy) is 2. The third-order valence-electron chi connectivity index (χ3n) is 4.62. The first-order valence-electron chi connectivity index (χ1n) is 8.93. The molecule has 1 heterocycles. The molecule has 0 aromatic heterocycles. The molecule has 0 bridgehead atoms. The number of urea groups is 1. The molecule has 11 heteroatoms. The topological polar surface area (TPSA) is 111 Å². The molecule has 0 fully saturated rings. The molecule has 1 N–H and O–H groups in total. The highest BCUT2D eigenvalue weighted by molar-refractivity contribution is 5.94. The van der Waals surface area contributed by atoms with Gasteiger partial charge in [0.25, 0.3) is 5.69 Å². The number of nitrogens with zero attached hydrogens (tertiary/aromatic N) is 2. The van der Waals surface area contributed by atoms with Crippen molar-refractivity contribution in [1.29, 1.82) is 0 Å². The largest absolute Gasteiger partial charge is 0.424 e. The van der Waals surface area contributed by atoms with Gasteiger partial charge in [0.05, 0.1) is 17.6 Å². The summed E-state index contributed by atoms with van der Waals surface area (Å²) < 4.78 is 37.5. The number of nitro groups is 1. The van der Waals surface area contributed by atoms with Gasteiger partial charge >= 0.3 is 12.1 Å². The average Bonchev–Trinajstić information content (AvgIpc) is 2.72. The molecule has 31 heavy (non-hydrogen) atoms. The van der Waals surface area contributed by atoms with E-state index in [0.29, 0.717) is 16.2 Å². The van der Waals surface area contributed by atoms with Gasteiger partial charge in [-0.3, -0.25) is 10.1 Å². The molecular weight excluding hydrogens is 416 g/mol. The number of nitro benzene ring substituents is 1. The van der Waals surface area contributed by atoms with Crippen LogP contribution in [0.4, 0.5) is 24.1 Å². The van der Waals surface area contributed by atoms with Crippen molar-refractivity contribution in [3.05, 3.63) is 81.0 Å². The van der Waals surface area contributed by atoms with Gasteiger partial charge in [-0.15, -0.1) is 0 Å². The van der Waals surface area contributed by atoms with E-state index in [9.17, 15) is 28.5 Å². The maximum absolute atomic E-state index is 13.9. The fraction of sp³-hybridized carbons (Fsp3) is 0.200. The predicted molar refractivity (Wildman–Crippen MR) is 103 cm³/mol. The van der Waals surface area contributed by atoms with Gasteiger partial charge in [-0.1, -0.05) is 6.07 Å². The monoisotopic (exact) mass is 433 g/mol. The van der Waals surface area contributed by atoms with Crippen LogP contribution in [0.15, 0.2) is 53.7 Å². The van der Waals surface area contributed by atoms with Crippen LogP contribution in [0.2, 0.25) is 0 Å². The van der Waals surface area contributed by atoms with Gasteiger partial charge in [-0.05, 0) is 42.3 Å². The number of carbonyl (C=O) groups excluding carboxylic acids is 2. The molecule has 0 saturated carbocycles. The van der Waals surface area contributed by atoms with Crippen molar-refractivity contribution in [2.75, 3.05) is 13.7 Å². The lowest BCUT2D eigenvalue weighted by atomic mass is 9.95. The number of imide groups is 1. The van der Waals surface area contributed by atoms with Crippen molar-refractivity contribution in [2.45, 2.75) is 13.0 Å². The van der Waals surface area contributed by atoms with Crippen molar-refractivity contribution < 1.29 is 32.8 Å². The van der Waals surface area contributed by atoms with E-state index < -0.39 is 34.7 Å². The Morgan fingerprint density at radius 1 is 1.19 bits per heavy atom. The first-order valence-corrected chi connectivity index (χ1v) is 8.93. The molecule has 162 valence electrons. The Kier molecular flexibility index (Phi) is 6.25. The Balaban J connectivity index is 1.98. The van der Waals surface area contributed by atoms with E-state index in [1.165, 1.54) is 25.3 Å². The van der Waals surface area contributed by atoms with Crippen LogP contribution >= 0.6 is 0 Å². The summed E-state index contributed by atoms with van der Waals surface area (Å²) in [7, 11) is 1.41. The third kappa shape index (κ3) is 4.51. The van der Waals surface area contributed by atoms with Crippen molar-refractivity contribution in [3.8, 4) is 5.75 Å². The molecule has 2 aromatic rings. The summed E-state index contributed by atoms with van der Waals surface area (Å²) in [6, 6.07) is 5.73. The third-order valence-corrected chi connectivity index (χ3v) is 4.62. The van der Waals surface area contributed by atoms with Crippen molar-refractivity contribution in [2.24, 2.45) is 0 Å².